The second-order valence-electron chi connectivity index (χ2n) is 6.45. The van der Waals surface area contributed by atoms with E-state index in [1.807, 2.05) is 0 Å². The highest BCUT2D eigenvalue weighted by Crippen LogP contribution is 2.33. The molecule has 9 heteroatoms. The first kappa shape index (κ1) is 18.1. The summed E-state index contributed by atoms with van der Waals surface area (Å²) in [5.41, 5.74) is -0.356. The third-order valence-electron chi connectivity index (χ3n) is 4.83. The molecule has 0 N–H and O–H groups in total. The molecule has 3 aromatic rings. The van der Waals surface area contributed by atoms with Gasteiger partial charge in [-0.05, 0) is 30.2 Å². The zero-order valence-corrected chi connectivity index (χ0v) is 17.0. The fraction of sp³-hybridized carbons (Fsp3) is 0.278. The van der Waals surface area contributed by atoms with Crippen LogP contribution in [0, 0.1) is 5.82 Å². The fourth-order valence-corrected chi connectivity index (χ4v) is 5.07. The van der Waals surface area contributed by atoms with Gasteiger partial charge in [0.1, 0.15) is 10.6 Å². The number of benzene rings is 1. The molecule has 140 valence electrons. The lowest BCUT2D eigenvalue weighted by molar-refractivity contribution is -0.129. The van der Waals surface area contributed by atoms with E-state index in [-0.39, 0.29) is 11.6 Å². The maximum absolute atomic E-state index is 14.5. The molecule has 0 fully saturated rings. The highest BCUT2D eigenvalue weighted by molar-refractivity contribution is 9.10. The Morgan fingerprint density at radius 2 is 2.04 bits per heavy atom. The summed E-state index contributed by atoms with van der Waals surface area (Å²) in [6.07, 6.45) is 0.533. The Labute approximate surface area is 165 Å². The van der Waals surface area contributed by atoms with Gasteiger partial charge in [-0.2, -0.15) is 0 Å². The van der Waals surface area contributed by atoms with Crippen molar-refractivity contribution in [2.24, 2.45) is 7.05 Å². The summed E-state index contributed by atoms with van der Waals surface area (Å²) in [5.74, 6) is -0.684. The molecule has 4 rings (SSSR count). The van der Waals surface area contributed by atoms with Gasteiger partial charge in [0.05, 0.1) is 17.6 Å². The second kappa shape index (κ2) is 6.42. The van der Waals surface area contributed by atoms with Crippen molar-refractivity contribution in [3.05, 3.63) is 59.8 Å². The number of amides is 1. The van der Waals surface area contributed by atoms with E-state index in [1.165, 1.54) is 35.0 Å². The molecule has 0 unspecified atom stereocenters. The predicted octanol–water partition coefficient (Wildman–Crippen LogP) is 2.56. The summed E-state index contributed by atoms with van der Waals surface area (Å²) in [7, 11) is 1.57. The quantitative estimate of drug-likeness (QED) is 0.570. The van der Waals surface area contributed by atoms with E-state index in [4.69, 9.17) is 0 Å². The summed E-state index contributed by atoms with van der Waals surface area (Å²) in [6, 6.07) is 4.21. The number of carbonyl (C=O) groups excluding carboxylic acids is 1. The number of aromatic nitrogens is 2. The minimum atomic E-state index is -0.658. The molecular formula is C18H15BrFN3O3S. The molecule has 1 aliphatic rings. The Hall–Kier alpha value is -2.26. The van der Waals surface area contributed by atoms with Gasteiger partial charge in [0, 0.05) is 29.9 Å². The minimum absolute atomic E-state index is 0.0265. The lowest BCUT2D eigenvalue weighted by Crippen LogP contribution is -2.38. The molecule has 6 nitrogen and oxygen atoms in total. The molecule has 27 heavy (non-hydrogen) atoms. The molecule has 0 bridgehead atoms. The average molecular weight is 452 g/mol. The van der Waals surface area contributed by atoms with Crippen molar-refractivity contribution >= 4 is 43.4 Å². The topological polar surface area (TPSA) is 64.3 Å². The van der Waals surface area contributed by atoms with E-state index < -0.39 is 17.1 Å². The number of hydrogen-bond acceptors (Lipinski definition) is 4. The van der Waals surface area contributed by atoms with Gasteiger partial charge in [0.25, 0.3) is 5.56 Å². The van der Waals surface area contributed by atoms with Crippen LogP contribution in [0.25, 0.3) is 15.9 Å². The molecule has 3 heterocycles. The van der Waals surface area contributed by atoms with Gasteiger partial charge in [-0.15, -0.1) is 11.3 Å². The van der Waals surface area contributed by atoms with Crippen molar-refractivity contribution < 1.29 is 9.18 Å². The van der Waals surface area contributed by atoms with Crippen molar-refractivity contribution in [3.63, 3.8) is 0 Å². The summed E-state index contributed by atoms with van der Waals surface area (Å²) in [5, 5.41) is 0.433. The SMILES string of the molecule is CC(=O)N1CCc2c(sc3c2c(=O)n(-c2ccc(Br)cc2F)c(=O)n3C)C1. The molecule has 1 amide bonds. The summed E-state index contributed by atoms with van der Waals surface area (Å²) in [6.45, 7) is 2.45. The van der Waals surface area contributed by atoms with Crippen molar-refractivity contribution in [1.82, 2.24) is 14.0 Å². The lowest BCUT2D eigenvalue weighted by atomic mass is 10.1. The molecule has 1 aromatic carbocycles. The number of rotatable bonds is 1. The fourth-order valence-electron chi connectivity index (χ4n) is 3.43. The Morgan fingerprint density at radius 1 is 1.30 bits per heavy atom. The first-order valence-electron chi connectivity index (χ1n) is 8.27. The molecule has 0 saturated carbocycles. The molecule has 0 saturated heterocycles. The highest BCUT2D eigenvalue weighted by atomic mass is 79.9. The molecule has 2 aromatic heterocycles. The number of nitrogens with zero attached hydrogens (tertiary/aromatic N) is 3. The van der Waals surface area contributed by atoms with E-state index >= 15 is 0 Å². The van der Waals surface area contributed by atoms with Crippen molar-refractivity contribution in [2.45, 2.75) is 19.9 Å². The van der Waals surface area contributed by atoms with Gasteiger partial charge >= 0.3 is 5.69 Å². The molecule has 0 spiro atoms. The zero-order valence-electron chi connectivity index (χ0n) is 14.6. The standard InChI is InChI=1S/C18H15BrFN3O3S/c1-9(24)22-6-5-11-14(8-22)27-17-15(11)16(25)23(18(26)21(17)2)13-4-3-10(19)7-12(13)20/h3-4,7H,5-6,8H2,1-2H3. The summed E-state index contributed by atoms with van der Waals surface area (Å²) in [4.78, 5) is 40.8. The molecule has 0 atom stereocenters. The number of hydrogen-bond donors (Lipinski definition) is 0. The molecule has 1 aliphatic heterocycles. The maximum Gasteiger partial charge on any atom is 0.336 e. The normalized spacial score (nSPS) is 13.9. The van der Waals surface area contributed by atoms with Gasteiger partial charge in [-0.1, -0.05) is 15.9 Å². The number of carbonyl (C=O) groups is 1. The third kappa shape index (κ3) is 2.76. The third-order valence-corrected chi connectivity index (χ3v) is 6.62. The van der Waals surface area contributed by atoms with Gasteiger partial charge in [-0.25, -0.2) is 13.8 Å². The van der Waals surface area contributed by atoms with Crippen LogP contribution in [0.5, 0.6) is 0 Å². The van der Waals surface area contributed by atoms with Gasteiger partial charge < -0.3 is 4.90 Å². The maximum atomic E-state index is 14.5. The Balaban J connectivity index is 2.03. The molecular weight excluding hydrogens is 437 g/mol. The smallest absolute Gasteiger partial charge is 0.336 e. The number of aryl methyl sites for hydroxylation is 1. The summed E-state index contributed by atoms with van der Waals surface area (Å²) >= 11 is 4.52. The van der Waals surface area contributed by atoms with Crippen LogP contribution >= 0.6 is 27.3 Å². The van der Waals surface area contributed by atoms with E-state index in [1.54, 1.807) is 18.0 Å². The van der Waals surface area contributed by atoms with Crippen LogP contribution in [-0.2, 0) is 24.8 Å². The van der Waals surface area contributed by atoms with E-state index in [9.17, 15) is 18.8 Å². The van der Waals surface area contributed by atoms with Crippen LogP contribution in [0.2, 0.25) is 0 Å². The Bertz CT molecular complexity index is 1230. The Kier molecular flexibility index (Phi) is 4.31. The van der Waals surface area contributed by atoms with E-state index in [0.717, 1.165) is 15.0 Å². The van der Waals surface area contributed by atoms with E-state index in [2.05, 4.69) is 15.9 Å². The van der Waals surface area contributed by atoms with Crippen molar-refractivity contribution in [2.75, 3.05) is 6.54 Å². The molecule has 0 aliphatic carbocycles. The number of fused-ring (bicyclic) bond motifs is 3. The number of halogens is 2. The highest BCUT2D eigenvalue weighted by Gasteiger charge is 2.27. The van der Waals surface area contributed by atoms with Crippen LogP contribution in [0.3, 0.4) is 0 Å². The number of thiophene rings is 1. The van der Waals surface area contributed by atoms with Crippen LogP contribution in [-0.4, -0.2) is 26.5 Å². The first-order chi connectivity index (χ1) is 12.8. The van der Waals surface area contributed by atoms with Crippen molar-refractivity contribution in [3.8, 4) is 5.69 Å². The lowest BCUT2D eigenvalue weighted by Gasteiger charge is -2.25. The summed E-state index contributed by atoms with van der Waals surface area (Å²) < 4.78 is 17.2. The first-order valence-corrected chi connectivity index (χ1v) is 9.87. The van der Waals surface area contributed by atoms with Gasteiger partial charge in [-0.3, -0.25) is 14.2 Å². The second-order valence-corrected chi connectivity index (χ2v) is 8.45. The average Bonchev–Trinajstić information content (AvgIpc) is 3.00. The van der Waals surface area contributed by atoms with E-state index in [0.29, 0.717) is 34.2 Å². The van der Waals surface area contributed by atoms with Crippen LogP contribution in [0.1, 0.15) is 17.4 Å². The van der Waals surface area contributed by atoms with Gasteiger partial charge in [0.2, 0.25) is 5.91 Å². The van der Waals surface area contributed by atoms with Gasteiger partial charge in [0.15, 0.2) is 0 Å². The minimum Gasteiger partial charge on any atom is -0.337 e. The van der Waals surface area contributed by atoms with Crippen molar-refractivity contribution in [1.29, 1.82) is 0 Å². The Morgan fingerprint density at radius 3 is 2.70 bits per heavy atom. The van der Waals surface area contributed by atoms with Crippen LogP contribution < -0.4 is 11.2 Å². The monoisotopic (exact) mass is 451 g/mol. The van der Waals surface area contributed by atoms with Crippen LogP contribution in [0.15, 0.2) is 32.3 Å². The predicted molar refractivity (Wildman–Crippen MR) is 105 cm³/mol. The zero-order chi connectivity index (χ0) is 19.5. The molecule has 0 radical (unpaired) electrons. The van der Waals surface area contributed by atoms with Crippen LogP contribution in [0.4, 0.5) is 4.39 Å². The largest absolute Gasteiger partial charge is 0.337 e.